The molecular formula is C19H14N4O3. The molecule has 0 aliphatic heterocycles. The summed E-state index contributed by atoms with van der Waals surface area (Å²) in [7, 11) is 0. The van der Waals surface area contributed by atoms with Gasteiger partial charge in [-0.2, -0.15) is 10.5 Å². The molecule has 0 saturated carbocycles. The van der Waals surface area contributed by atoms with Crippen LogP contribution in [0.4, 0.5) is 0 Å². The summed E-state index contributed by atoms with van der Waals surface area (Å²) in [5.41, 5.74) is 6.21. The van der Waals surface area contributed by atoms with Crippen LogP contribution in [0.15, 0.2) is 54.6 Å². The molecule has 0 unspecified atom stereocenters. The van der Waals surface area contributed by atoms with Crippen molar-refractivity contribution in [2.75, 3.05) is 6.61 Å². The molecule has 7 heteroatoms. The Balaban J connectivity index is 1.73. The number of hydrazine groups is 1. The van der Waals surface area contributed by atoms with E-state index in [2.05, 4.69) is 10.9 Å². The normalized spacial score (nSPS) is 9.77. The summed E-state index contributed by atoms with van der Waals surface area (Å²) in [6.07, 6.45) is 2.80. The predicted molar refractivity (Wildman–Crippen MR) is 93.1 cm³/mol. The van der Waals surface area contributed by atoms with Crippen LogP contribution in [0.2, 0.25) is 0 Å². The second-order valence-corrected chi connectivity index (χ2v) is 5.03. The van der Waals surface area contributed by atoms with E-state index in [0.717, 1.165) is 5.56 Å². The molecule has 0 heterocycles. The van der Waals surface area contributed by atoms with E-state index in [1.807, 2.05) is 12.1 Å². The quantitative estimate of drug-likeness (QED) is 0.631. The first kappa shape index (κ1) is 18.2. The molecule has 0 saturated heterocycles. The minimum atomic E-state index is -0.533. The van der Waals surface area contributed by atoms with Gasteiger partial charge in [-0.15, -0.1) is 0 Å². The lowest BCUT2D eigenvalue weighted by atomic mass is 10.1. The lowest BCUT2D eigenvalue weighted by Gasteiger charge is -2.07. The summed E-state index contributed by atoms with van der Waals surface area (Å²) in [5, 5.41) is 17.4. The molecule has 128 valence electrons. The van der Waals surface area contributed by atoms with Crippen LogP contribution in [0.5, 0.6) is 5.75 Å². The minimum absolute atomic E-state index is 0.286. The highest BCUT2D eigenvalue weighted by molar-refractivity contribution is 5.93. The highest BCUT2D eigenvalue weighted by atomic mass is 16.5. The number of carbonyl (C=O) groups excluding carboxylic acids is 2. The first-order chi connectivity index (χ1) is 12.6. The summed E-state index contributed by atoms with van der Waals surface area (Å²) in [5.74, 6) is -0.609. The van der Waals surface area contributed by atoms with Gasteiger partial charge in [-0.1, -0.05) is 12.1 Å². The average Bonchev–Trinajstić information content (AvgIpc) is 2.69. The zero-order chi connectivity index (χ0) is 18.8. The van der Waals surface area contributed by atoms with Crippen molar-refractivity contribution in [3.05, 3.63) is 71.3 Å². The first-order valence-electron chi connectivity index (χ1n) is 7.51. The minimum Gasteiger partial charge on any atom is -0.484 e. The summed E-state index contributed by atoms with van der Waals surface area (Å²) in [4.78, 5) is 23.3. The Morgan fingerprint density at radius 2 is 1.50 bits per heavy atom. The molecule has 0 aliphatic carbocycles. The van der Waals surface area contributed by atoms with Gasteiger partial charge in [0, 0.05) is 6.08 Å². The predicted octanol–water partition coefficient (Wildman–Crippen LogP) is 1.67. The highest BCUT2D eigenvalue weighted by Gasteiger charge is 2.04. The molecule has 2 aromatic rings. The Morgan fingerprint density at radius 3 is 2.08 bits per heavy atom. The average molecular weight is 346 g/mol. The van der Waals surface area contributed by atoms with Gasteiger partial charge in [0.05, 0.1) is 23.3 Å². The molecule has 2 amide bonds. The zero-order valence-electron chi connectivity index (χ0n) is 13.6. The number of carbonyl (C=O) groups is 2. The van der Waals surface area contributed by atoms with Gasteiger partial charge in [-0.3, -0.25) is 20.4 Å². The largest absolute Gasteiger partial charge is 0.484 e. The maximum absolute atomic E-state index is 11.7. The third-order valence-electron chi connectivity index (χ3n) is 3.15. The van der Waals surface area contributed by atoms with Gasteiger partial charge in [0.25, 0.3) is 11.8 Å². The maximum atomic E-state index is 11.7. The Kier molecular flexibility index (Phi) is 6.50. The van der Waals surface area contributed by atoms with E-state index in [9.17, 15) is 9.59 Å². The highest BCUT2D eigenvalue weighted by Crippen LogP contribution is 2.11. The maximum Gasteiger partial charge on any atom is 0.276 e. The monoisotopic (exact) mass is 346 g/mol. The summed E-state index contributed by atoms with van der Waals surface area (Å²) < 4.78 is 5.23. The number of hydrogen-bond acceptors (Lipinski definition) is 5. The standard InChI is InChI=1S/C19H14N4O3/c20-11-15-3-1-14(2-4-15)7-10-18(24)22-23-19(25)13-26-17-8-5-16(12-21)6-9-17/h1-10H,13H2,(H,22,24)(H,23,25)/b10-7+. The number of benzene rings is 2. The van der Waals surface area contributed by atoms with E-state index in [4.69, 9.17) is 15.3 Å². The van der Waals surface area contributed by atoms with E-state index in [0.29, 0.717) is 16.9 Å². The first-order valence-corrected chi connectivity index (χ1v) is 7.51. The number of nitriles is 2. The lowest BCUT2D eigenvalue weighted by molar-refractivity contribution is -0.128. The van der Waals surface area contributed by atoms with E-state index < -0.39 is 11.8 Å². The second-order valence-electron chi connectivity index (χ2n) is 5.03. The van der Waals surface area contributed by atoms with Crippen molar-refractivity contribution in [3.63, 3.8) is 0 Å². The smallest absolute Gasteiger partial charge is 0.276 e. The van der Waals surface area contributed by atoms with Crippen LogP contribution in [0.25, 0.3) is 6.08 Å². The van der Waals surface area contributed by atoms with Gasteiger partial charge in [-0.05, 0) is 48.0 Å². The molecule has 0 atom stereocenters. The van der Waals surface area contributed by atoms with Gasteiger partial charge in [0.1, 0.15) is 5.75 Å². The molecule has 0 spiro atoms. The Bertz CT molecular complexity index is 888. The summed E-state index contributed by atoms with van der Waals surface area (Å²) in [6, 6.07) is 17.0. The van der Waals surface area contributed by atoms with E-state index in [-0.39, 0.29) is 6.61 Å². The van der Waals surface area contributed by atoms with Crippen LogP contribution in [-0.4, -0.2) is 18.4 Å². The van der Waals surface area contributed by atoms with Crippen molar-refractivity contribution < 1.29 is 14.3 Å². The van der Waals surface area contributed by atoms with Crippen LogP contribution in [0, 0.1) is 22.7 Å². The molecule has 2 N–H and O–H groups in total. The van der Waals surface area contributed by atoms with Crippen molar-refractivity contribution in [1.29, 1.82) is 10.5 Å². The molecule has 0 radical (unpaired) electrons. The fraction of sp³-hybridized carbons (Fsp3) is 0.0526. The SMILES string of the molecule is N#Cc1ccc(/C=C/C(=O)NNC(=O)COc2ccc(C#N)cc2)cc1. The van der Waals surface area contributed by atoms with Crippen molar-refractivity contribution in [2.24, 2.45) is 0 Å². The summed E-state index contributed by atoms with van der Waals surface area (Å²) in [6.45, 7) is -0.286. The van der Waals surface area contributed by atoms with Crippen molar-refractivity contribution in [3.8, 4) is 17.9 Å². The zero-order valence-corrected chi connectivity index (χ0v) is 13.6. The molecule has 2 aromatic carbocycles. The topological polar surface area (TPSA) is 115 Å². The lowest BCUT2D eigenvalue weighted by Crippen LogP contribution is -2.43. The molecule has 0 aromatic heterocycles. The van der Waals surface area contributed by atoms with Crippen LogP contribution in [0.3, 0.4) is 0 Å². The molecule has 26 heavy (non-hydrogen) atoms. The molecular weight excluding hydrogens is 332 g/mol. The Hall–Kier alpha value is -4.10. The van der Waals surface area contributed by atoms with Crippen LogP contribution >= 0.6 is 0 Å². The third-order valence-corrected chi connectivity index (χ3v) is 3.15. The molecule has 0 bridgehead atoms. The molecule has 2 rings (SSSR count). The molecule has 0 fully saturated rings. The van der Waals surface area contributed by atoms with Gasteiger partial charge in [0.15, 0.2) is 6.61 Å². The van der Waals surface area contributed by atoms with Crippen molar-refractivity contribution in [1.82, 2.24) is 10.9 Å². The van der Waals surface area contributed by atoms with Crippen LogP contribution < -0.4 is 15.6 Å². The van der Waals surface area contributed by atoms with E-state index >= 15 is 0 Å². The third kappa shape index (κ3) is 5.84. The fourth-order valence-electron chi connectivity index (χ4n) is 1.82. The van der Waals surface area contributed by atoms with Crippen LogP contribution in [-0.2, 0) is 9.59 Å². The van der Waals surface area contributed by atoms with Crippen molar-refractivity contribution >= 4 is 17.9 Å². The molecule has 7 nitrogen and oxygen atoms in total. The number of rotatable bonds is 5. The van der Waals surface area contributed by atoms with Gasteiger partial charge in [0.2, 0.25) is 0 Å². The van der Waals surface area contributed by atoms with E-state index in [1.165, 1.54) is 6.08 Å². The Labute approximate surface area is 150 Å². The van der Waals surface area contributed by atoms with E-state index in [1.54, 1.807) is 54.6 Å². The number of nitrogens with one attached hydrogen (secondary N) is 2. The van der Waals surface area contributed by atoms with Gasteiger partial charge in [-0.25, -0.2) is 0 Å². The number of amides is 2. The number of hydrogen-bond donors (Lipinski definition) is 2. The number of ether oxygens (including phenoxy) is 1. The Morgan fingerprint density at radius 1 is 0.923 bits per heavy atom. The van der Waals surface area contributed by atoms with Gasteiger partial charge >= 0.3 is 0 Å². The van der Waals surface area contributed by atoms with Crippen molar-refractivity contribution in [2.45, 2.75) is 0 Å². The number of nitrogens with zero attached hydrogens (tertiary/aromatic N) is 2. The fourth-order valence-corrected chi connectivity index (χ4v) is 1.82. The van der Waals surface area contributed by atoms with Crippen LogP contribution in [0.1, 0.15) is 16.7 Å². The molecule has 0 aliphatic rings. The summed E-state index contributed by atoms with van der Waals surface area (Å²) >= 11 is 0. The second kappa shape index (κ2) is 9.26. The van der Waals surface area contributed by atoms with Gasteiger partial charge < -0.3 is 4.74 Å².